The lowest BCUT2D eigenvalue weighted by Gasteiger charge is -2.19. The summed E-state index contributed by atoms with van der Waals surface area (Å²) < 4.78 is 5.19. The van der Waals surface area contributed by atoms with Crippen molar-refractivity contribution in [1.29, 1.82) is 0 Å². The molecule has 2 aromatic carbocycles. The number of nitrogens with zero attached hydrogens (tertiary/aromatic N) is 2. The number of methoxy groups -OCH3 is 1. The molecule has 6 heteroatoms. The van der Waals surface area contributed by atoms with Gasteiger partial charge in [-0.2, -0.15) is 0 Å². The number of hydrogen-bond donors (Lipinski definition) is 1. The van der Waals surface area contributed by atoms with Crippen molar-refractivity contribution < 1.29 is 14.3 Å². The van der Waals surface area contributed by atoms with E-state index in [1.54, 1.807) is 31.4 Å². The van der Waals surface area contributed by atoms with Crippen molar-refractivity contribution in [2.75, 3.05) is 31.4 Å². The van der Waals surface area contributed by atoms with Crippen LogP contribution in [0.4, 0.5) is 11.4 Å². The monoisotopic (exact) mass is 379 g/mol. The minimum Gasteiger partial charge on any atom is -0.497 e. The molecule has 2 amide bonds. The van der Waals surface area contributed by atoms with Gasteiger partial charge in [0.15, 0.2) is 0 Å². The number of rotatable bonds is 6. The Morgan fingerprint density at radius 2 is 1.54 bits per heavy atom. The molecule has 3 rings (SSSR count). The van der Waals surface area contributed by atoms with Crippen LogP contribution in [-0.2, 0) is 9.59 Å². The van der Waals surface area contributed by atoms with Gasteiger partial charge in [-0.3, -0.25) is 14.5 Å². The van der Waals surface area contributed by atoms with E-state index in [1.807, 2.05) is 57.1 Å². The Kier molecular flexibility index (Phi) is 5.40. The lowest BCUT2D eigenvalue weighted by atomic mass is 10.0. The van der Waals surface area contributed by atoms with Gasteiger partial charge < -0.3 is 15.0 Å². The van der Waals surface area contributed by atoms with Crippen LogP contribution in [-0.4, -0.2) is 44.0 Å². The Hall–Kier alpha value is -3.28. The molecule has 0 spiro atoms. The van der Waals surface area contributed by atoms with Gasteiger partial charge in [0, 0.05) is 31.5 Å². The third-order valence-electron chi connectivity index (χ3n) is 4.66. The Morgan fingerprint density at radius 1 is 0.929 bits per heavy atom. The van der Waals surface area contributed by atoms with Crippen molar-refractivity contribution in [3.8, 4) is 5.75 Å². The number of benzene rings is 2. The zero-order valence-electron chi connectivity index (χ0n) is 16.8. The van der Waals surface area contributed by atoms with E-state index in [4.69, 9.17) is 4.74 Å². The molecule has 28 heavy (non-hydrogen) atoms. The summed E-state index contributed by atoms with van der Waals surface area (Å²) in [6, 6.07) is 14.6. The standard InChI is InChI=1S/C22H25N3O3/c1-14(2)25-21(26)19(15-6-12-18(28-5)13-7-15)20(22(25)27)23-16-8-10-17(11-9-16)24(3)4/h6-14,23H,1-5H3. The highest BCUT2D eigenvalue weighted by molar-refractivity contribution is 6.36. The molecule has 0 unspecified atom stereocenters. The minimum atomic E-state index is -0.317. The first-order valence-corrected chi connectivity index (χ1v) is 9.14. The molecule has 0 saturated heterocycles. The summed E-state index contributed by atoms with van der Waals surface area (Å²) in [5.74, 6) is 0.0794. The van der Waals surface area contributed by atoms with Gasteiger partial charge in [0.2, 0.25) is 0 Å². The van der Waals surface area contributed by atoms with Gasteiger partial charge in [-0.15, -0.1) is 0 Å². The summed E-state index contributed by atoms with van der Waals surface area (Å²) in [5.41, 5.74) is 3.14. The number of imide groups is 1. The van der Waals surface area contributed by atoms with E-state index in [-0.39, 0.29) is 17.9 Å². The largest absolute Gasteiger partial charge is 0.497 e. The van der Waals surface area contributed by atoms with Gasteiger partial charge in [-0.1, -0.05) is 12.1 Å². The van der Waals surface area contributed by atoms with Crippen LogP contribution in [0, 0.1) is 0 Å². The Bertz CT molecular complexity index is 913. The van der Waals surface area contributed by atoms with Crippen molar-refractivity contribution in [2.45, 2.75) is 19.9 Å². The maximum absolute atomic E-state index is 13.0. The molecule has 2 aromatic rings. The van der Waals surface area contributed by atoms with Crippen molar-refractivity contribution >= 4 is 28.8 Å². The Balaban J connectivity index is 2.03. The van der Waals surface area contributed by atoms with E-state index in [9.17, 15) is 9.59 Å². The average Bonchev–Trinajstić information content (AvgIpc) is 2.92. The van der Waals surface area contributed by atoms with E-state index < -0.39 is 0 Å². The van der Waals surface area contributed by atoms with Gasteiger partial charge in [0.05, 0.1) is 12.7 Å². The van der Waals surface area contributed by atoms with E-state index in [1.165, 1.54) is 4.90 Å². The van der Waals surface area contributed by atoms with Gasteiger partial charge in [-0.05, 0) is 55.8 Å². The molecule has 146 valence electrons. The van der Waals surface area contributed by atoms with Gasteiger partial charge in [0.25, 0.3) is 11.8 Å². The highest BCUT2D eigenvalue weighted by atomic mass is 16.5. The van der Waals surface area contributed by atoms with Crippen LogP contribution in [0.5, 0.6) is 5.75 Å². The van der Waals surface area contributed by atoms with Crippen LogP contribution in [0.15, 0.2) is 54.2 Å². The highest BCUT2D eigenvalue weighted by Gasteiger charge is 2.40. The van der Waals surface area contributed by atoms with Crippen LogP contribution < -0.4 is 15.0 Å². The molecule has 0 saturated carbocycles. The predicted octanol–water partition coefficient (Wildman–Crippen LogP) is 3.36. The SMILES string of the molecule is COc1ccc(C2=C(Nc3ccc(N(C)C)cc3)C(=O)N(C(C)C)C2=O)cc1. The third-order valence-corrected chi connectivity index (χ3v) is 4.66. The smallest absolute Gasteiger partial charge is 0.278 e. The quantitative estimate of drug-likeness (QED) is 0.780. The fourth-order valence-corrected chi connectivity index (χ4v) is 3.14. The van der Waals surface area contributed by atoms with Crippen LogP contribution in [0.1, 0.15) is 19.4 Å². The number of hydrogen-bond acceptors (Lipinski definition) is 5. The van der Waals surface area contributed by atoms with Gasteiger partial charge in [0.1, 0.15) is 11.4 Å². The summed E-state index contributed by atoms with van der Waals surface area (Å²) in [5, 5.41) is 3.17. The van der Waals surface area contributed by atoms with Gasteiger partial charge in [-0.25, -0.2) is 0 Å². The number of amides is 2. The second-order valence-electron chi connectivity index (χ2n) is 7.12. The number of nitrogens with one attached hydrogen (secondary N) is 1. The zero-order chi connectivity index (χ0) is 20.4. The van der Waals surface area contributed by atoms with E-state index in [0.717, 1.165) is 11.4 Å². The first kappa shape index (κ1) is 19.5. The third kappa shape index (κ3) is 3.58. The van der Waals surface area contributed by atoms with Crippen molar-refractivity contribution in [1.82, 2.24) is 4.90 Å². The molecule has 6 nitrogen and oxygen atoms in total. The van der Waals surface area contributed by atoms with Crippen molar-refractivity contribution in [3.63, 3.8) is 0 Å². The Morgan fingerprint density at radius 3 is 2.04 bits per heavy atom. The van der Waals surface area contributed by atoms with Gasteiger partial charge >= 0.3 is 0 Å². The molecule has 0 radical (unpaired) electrons. The van der Waals surface area contributed by atoms with Crippen molar-refractivity contribution in [2.24, 2.45) is 0 Å². The summed E-state index contributed by atoms with van der Waals surface area (Å²) in [4.78, 5) is 29.3. The number of carbonyl (C=O) groups excluding carboxylic acids is 2. The molecule has 1 aliphatic heterocycles. The fraction of sp³-hybridized carbons (Fsp3) is 0.273. The van der Waals surface area contributed by atoms with Crippen molar-refractivity contribution in [3.05, 3.63) is 59.8 Å². The molecular formula is C22H25N3O3. The summed E-state index contributed by atoms with van der Waals surface area (Å²) in [6.45, 7) is 3.66. The second kappa shape index (κ2) is 7.76. The molecule has 0 aromatic heterocycles. The maximum atomic E-state index is 13.0. The minimum absolute atomic E-state index is 0.233. The van der Waals surface area contributed by atoms with E-state index in [2.05, 4.69) is 5.32 Å². The molecule has 0 aliphatic carbocycles. The van der Waals surface area contributed by atoms with E-state index in [0.29, 0.717) is 22.6 Å². The second-order valence-corrected chi connectivity index (χ2v) is 7.12. The molecule has 0 fully saturated rings. The Labute approximate surface area is 165 Å². The molecule has 1 aliphatic rings. The molecule has 0 atom stereocenters. The molecule has 0 bridgehead atoms. The summed E-state index contributed by atoms with van der Waals surface area (Å²) >= 11 is 0. The fourth-order valence-electron chi connectivity index (χ4n) is 3.14. The topological polar surface area (TPSA) is 61.9 Å². The van der Waals surface area contributed by atoms with Crippen LogP contribution >= 0.6 is 0 Å². The molecule has 1 heterocycles. The van der Waals surface area contributed by atoms with Crippen LogP contribution in [0.25, 0.3) is 5.57 Å². The van der Waals surface area contributed by atoms with E-state index >= 15 is 0 Å². The predicted molar refractivity (Wildman–Crippen MR) is 111 cm³/mol. The summed E-state index contributed by atoms with van der Waals surface area (Å²) in [7, 11) is 5.52. The molecule has 1 N–H and O–H groups in total. The highest BCUT2D eigenvalue weighted by Crippen LogP contribution is 2.32. The van der Waals surface area contributed by atoms with Crippen LogP contribution in [0.2, 0.25) is 0 Å². The van der Waals surface area contributed by atoms with Crippen LogP contribution in [0.3, 0.4) is 0 Å². The number of carbonyl (C=O) groups is 2. The first-order chi connectivity index (χ1) is 13.3. The maximum Gasteiger partial charge on any atom is 0.278 e. The normalized spacial score (nSPS) is 14.1. The number of anilines is 2. The average molecular weight is 379 g/mol. The number of ether oxygens (including phenoxy) is 1. The zero-order valence-corrected chi connectivity index (χ0v) is 16.8. The lowest BCUT2D eigenvalue weighted by molar-refractivity contribution is -0.138. The lowest BCUT2D eigenvalue weighted by Crippen LogP contribution is -2.38. The first-order valence-electron chi connectivity index (χ1n) is 9.14. The molecular weight excluding hydrogens is 354 g/mol. The summed E-state index contributed by atoms with van der Waals surface area (Å²) in [6.07, 6.45) is 0.